The van der Waals surface area contributed by atoms with Crippen molar-refractivity contribution < 1.29 is 23.9 Å². The van der Waals surface area contributed by atoms with Crippen LogP contribution in [0.2, 0.25) is 0 Å². The van der Waals surface area contributed by atoms with E-state index in [1.54, 1.807) is 54.8 Å². The first-order valence-electron chi connectivity index (χ1n) is 8.55. The van der Waals surface area contributed by atoms with E-state index in [0.29, 0.717) is 16.3 Å². The van der Waals surface area contributed by atoms with Crippen LogP contribution in [0.25, 0.3) is 0 Å². The van der Waals surface area contributed by atoms with Crippen molar-refractivity contribution >= 4 is 40.6 Å². The predicted octanol–water partition coefficient (Wildman–Crippen LogP) is 3.49. The zero-order valence-corrected chi connectivity index (χ0v) is 16.6. The monoisotopic (exact) mass is 410 g/mol. The lowest BCUT2D eigenvalue weighted by molar-refractivity contribution is -0.139. The number of anilines is 2. The van der Waals surface area contributed by atoms with Gasteiger partial charge in [0.05, 0.1) is 24.7 Å². The van der Waals surface area contributed by atoms with Gasteiger partial charge in [-0.05, 0) is 41.8 Å². The molecule has 0 spiro atoms. The number of nitrogens with one attached hydrogen (secondary N) is 1. The Kier molecular flexibility index (Phi) is 6.25. The molecule has 0 unspecified atom stereocenters. The van der Waals surface area contributed by atoms with Gasteiger partial charge in [-0.3, -0.25) is 4.79 Å². The van der Waals surface area contributed by atoms with Crippen LogP contribution in [0.1, 0.15) is 9.67 Å². The third-order valence-corrected chi connectivity index (χ3v) is 4.89. The van der Waals surface area contributed by atoms with Gasteiger partial charge in [-0.25, -0.2) is 9.59 Å². The molecule has 1 aliphatic heterocycles. The first kappa shape index (κ1) is 20.1. The summed E-state index contributed by atoms with van der Waals surface area (Å²) < 4.78 is 9.69. The van der Waals surface area contributed by atoms with Gasteiger partial charge >= 0.3 is 11.9 Å². The van der Waals surface area contributed by atoms with Crippen LogP contribution in [0, 0.1) is 0 Å². The van der Waals surface area contributed by atoms with Crippen molar-refractivity contribution in [2.75, 3.05) is 24.4 Å². The topological polar surface area (TPSA) is 84.9 Å². The molecule has 1 aliphatic rings. The van der Waals surface area contributed by atoms with Gasteiger partial charge in [-0.2, -0.15) is 0 Å². The summed E-state index contributed by atoms with van der Waals surface area (Å²) in [7, 11) is 2.47. The van der Waals surface area contributed by atoms with Crippen molar-refractivity contribution in [1.82, 2.24) is 0 Å². The van der Waals surface area contributed by atoms with Crippen LogP contribution < -0.4 is 10.2 Å². The van der Waals surface area contributed by atoms with E-state index in [0.717, 1.165) is 0 Å². The Hall–Kier alpha value is -3.65. The number of allylic oxidation sites excluding steroid dienone is 2. The average Bonchev–Trinajstić information content (AvgIpc) is 3.19. The SMILES string of the molecule is COC(=O)C1=C(C(=O)OC)N(c2cccc(NC(=O)c3cccs3)c2)C=CC=C1. The number of thiophene rings is 1. The maximum atomic E-state index is 12.5. The smallest absolute Gasteiger partial charge is 0.355 e. The third kappa shape index (κ3) is 4.44. The molecular formula is C21H18N2O5S. The summed E-state index contributed by atoms with van der Waals surface area (Å²) >= 11 is 1.34. The molecule has 148 valence electrons. The molecule has 8 heteroatoms. The minimum atomic E-state index is -0.699. The maximum Gasteiger partial charge on any atom is 0.355 e. The van der Waals surface area contributed by atoms with Crippen molar-refractivity contribution in [3.63, 3.8) is 0 Å². The van der Waals surface area contributed by atoms with E-state index in [4.69, 9.17) is 9.47 Å². The summed E-state index contributed by atoms with van der Waals surface area (Å²) in [6.45, 7) is 0. The highest BCUT2D eigenvalue weighted by Gasteiger charge is 2.27. The van der Waals surface area contributed by atoms with Gasteiger partial charge in [0.2, 0.25) is 0 Å². The van der Waals surface area contributed by atoms with Crippen LogP contribution in [-0.4, -0.2) is 32.1 Å². The van der Waals surface area contributed by atoms with Crippen molar-refractivity contribution in [3.05, 3.63) is 82.4 Å². The number of hydrogen-bond acceptors (Lipinski definition) is 7. The first-order chi connectivity index (χ1) is 14.0. The summed E-state index contributed by atoms with van der Waals surface area (Å²) in [5.41, 5.74) is 1.15. The number of hydrogen-bond donors (Lipinski definition) is 1. The number of ether oxygens (including phenoxy) is 2. The molecular weight excluding hydrogens is 392 g/mol. The van der Waals surface area contributed by atoms with Crippen molar-refractivity contribution in [2.24, 2.45) is 0 Å². The largest absolute Gasteiger partial charge is 0.465 e. The molecule has 29 heavy (non-hydrogen) atoms. The molecule has 2 aromatic rings. The Morgan fingerprint density at radius 3 is 2.48 bits per heavy atom. The van der Waals surface area contributed by atoms with Crippen molar-refractivity contribution in [1.29, 1.82) is 0 Å². The Balaban J connectivity index is 2.00. The molecule has 1 N–H and O–H groups in total. The van der Waals surface area contributed by atoms with Gasteiger partial charge in [0.15, 0.2) is 0 Å². The highest BCUT2D eigenvalue weighted by Crippen LogP contribution is 2.28. The molecule has 2 heterocycles. The van der Waals surface area contributed by atoms with Crippen LogP contribution in [-0.2, 0) is 19.1 Å². The fourth-order valence-corrected chi connectivity index (χ4v) is 3.32. The van der Waals surface area contributed by atoms with Gasteiger partial charge < -0.3 is 19.7 Å². The standard InChI is InChI=1S/C21H18N2O5S/c1-27-20(25)16-9-3-4-11-23(18(16)21(26)28-2)15-8-5-7-14(13-15)22-19(24)17-10-6-12-29-17/h3-13H,1-2H3,(H,22,24). The lowest BCUT2D eigenvalue weighted by Crippen LogP contribution is -2.27. The van der Waals surface area contributed by atoms with E-state index >= 15 is 0 Å². The Labute approximate surface area is 171 Å². The summed E-state index contributed by atoms with van der Waals surface area (Å²) in [5, 5.41) is 4.65. The van der Waals surface area contributed by atoms with Gasteiger partial charge in [0, 0.05) is 17.6 Å². The van der Waals surface area contributed by atoms with Gasteiger partial charge in [0.25, 0.3) is 5.91 Å². The number of methoxy groups -OCH3 is 2. The van der Waals surface area contributed by atoms with Crippen LogP contribution >= 0.6 is 11.3 Å². The summed E-state index contributed by atoms with van der Waals surface area (Å²) in [4.78, 5) is 39.1. The first-order valence-corrected chi connectivity index (χ1v) is 9.43. The fraction of sp³-hybridized carbons (Fsp3) is 0.0952. The molecule has 0 aliphatic carbocycles. The molecule has 0 saturated heterocycles. The van der Waals surface area contributed by atoms with E-state index in [-0.39, 0.29) is 17.2 Å². The van der Waals surface area contributed by atoms with Gasteiger partial charge in [-0.1, -0.05) is 18.2 Å². The number of nitrogens with zero attached hydrogens (tertiary/aromatic N) is 1. The summed E-state index contributed by atoms with van der Waals surface area (Å²) in [5.74, 6) is -1.60. The quantitative estimate of drug-likeness (QED) is 0.760. The van der Waals surface area contributed by atoms with E-state index < -0.39 is 11.9 Å². The number of carbonyl (C=O) groups excluding carboxylic acids is 3. The lowest BCUT2D eigenvalue weighted by atomic mass is 10.1. The number of carbonyl (C=O) groups is 3. The highest BCUT2D eigenvalue weighted by atomic mass is 32.1. The molecule has 0 bridgehead atoms. The van der Waals surface area contributed by atoms with E-state index in [2.05, 4.69) is 5.32 Å². The average molecular weight is 410 g/mol. The molecule has 0 fully saturated rings. The summed E-state index contributed by atoms with van der Waals surface area (Å²) in [6.07, 6.45) is 6.41. The molecule has 1 amide bonds. The Bertz CT molecular complexity index is 1020. The highest BCUT2D eigenvalue weighted by molar-refractivity contribution is 7.12. The zero-order valence-electron chi connectivity index (χ0n) is 15.7. The van der Waals surface area contributed by atoms with E-state index in [9.17, 15) is 14.4 Å². The molecule has 0 radical (unpaired) electrons. The number of amides is 1. The Morgan fingerprint density at radius 2 is 1.79 bits per heavy atom. The van der Waals surface area contributed by atoms with Crippen LogP contribution in [0.5, 0.6) is 0 Å². The fourth-order valence-electron chi connectivity index (χ4n) is 2.70. The minimum Gasteiger partial charge on any atom is -0.465 e. The predicted molar refractivity (Wildman–Crippen MR) is 111 cm³/mol. The minimum absolute atomic E-state index is 0.00563. The van der Waals surface area contributed by atoms with Gasteiger partial charge in [-0.15, -0.1) is 11.3 Å². The van der Waals surface area contributed by atoms with Crippen LogP contribution in [0.3, 0.4) is 0 Å². The second-order valence-corrected chi connectivity index (χ2v) is 6.75. The third-order valence-electron chi connectivity index (χ3n) is 4.02. The van der Waals surface area contributed by atoms with Crippen LogP contribution in [0.15, 0.2) is 77.5 Å². The number of esters is 2. The molecule has 0 atom stereocenters. The number of rotatable bonds is 5. The molecule has 1 aromatic heterocycles. The van der Waals surface area contributed by atoms with E-state index in [1.807, 2.05) is 5.38 Å². The van der Waals surface area contributed by atoms with Gasteiger partial charge in [0.1, 0.15) is 5.70 Å². The Morgan fingerprint density at radius 1 is 1.00 bits per heavy atom. The zero-order chi connectivity index (χ0) is 20.8. The lowest BCUT2D eigenvalue weighted by Gasteiger charge is -2.23. The molecule has 3 rings (SSSR count). The van der Waals surface area contributed by atoms with Crippen molar-refractivity contribution in [3.8, 4) is 0 Å². The van der Waals surface area contributed by atoms with Crippen LogP contribution in [0.4, 0.5) is 11.4 Å². The second kappa shape index (κ2) is 9.03. The normalized spacial score (nSPS) is 13.1. The second-order valence-electron chi connectivity index (χ2n) is 5.80. The molecule has 0 saturated carbocycles. The molecule has 7 nitrogen and oxygen atoms in total. The van der Waals surface area contributed by atoms with E-state index in [1.165, 1.54) is 36.5 Å². The maximum absolute atomic E-state index is 12.5. The number of benzene rings is 1. The molecule has 1 aromatic carbocycles. The summed E-state index contributed by atoms with van der Waals surface area (Å²) in [6, 6.07) is 10.4. The van der Waals surface area contributed by atoms with Crippen molar-refractivity contribution in [2.45, 2.75) is 0 Å².